The average Bonchev–Trinajstić information content (AvgIpc) is 3.18. The number of hydrogen-bond acceptors (Lipinski definition) is 5. The second-order valence-electron chi connectivity index (χ2n) is 8.78. The molecule has 2 aromatic heterocycles. The number of para-hydroxylation sites is 1. The normalized spacial score (nSPS) is 26.1. The third-order valence-electron chi connectivity index (χ3n) is 6.70. The summed E-state index contributed by atoms with van der Waals surface area (Å²) in [6.07, 6.45) is 9.08. The van der Waals surface area contributed by atoms with Crippen molar-refractivity contribution >= 4 is 16.9 Å². The lowest BCUT2D eigenvalue weighted by molar-refractivity contribution is 0.0862. The third-order valence-corrected chi connectivity index (χ3v) is 6.70. The first-order valence-electron chi connectivity index (χ1n) is 11.0. The summed E-state index contributed by atoms with van der Waals surface area (Å²) in [5.41, 5.74) is 1.90. The van der Waals surface area contributed by atoms with E-state index < -0.39 is 0 Å². The van der Waals surface area contributed by atoms with Crippen molar-refractivity contribution in [1.29, 1.82) is 0 Å². The fourth-order valence-corrected chi connectivity index (χ4v) is 5.25. The van der Waals surface area contributed by atoms with E-state index in [2.05, 4.69) is 50.8 Å². The number of benzene rings is 1. The van der Waals surface area contributed by atoms with Crippen molar-refractivity contribution in [2.75, 3.05) is 24.5 Å². The Morgan fingerprint density at radius 1 is 1.00 bits per heavy atom. The van der Waals surface area contributed by atoms with E-state index in [0.29, 0.717) is 6.04 Å². The molecule has 2 fully saturated rings. The van der Waals surface area contributed by atoms with Crippen LogP contribution in [-0.2, 0) is 0 Å². The molecular formula is C23H30N6. The molecule has 152 valence electrons. The maximum absolute atomic E-state index is 4.66. The van der Waals surface area contributed by atoms with Crippen LogP contribution in [0.5, 0.6) is 0 Å². The molecule has 6 heteroatoms. The van der Waals surface area contributed by atoms with Gasteiger partial charge in [-0.05, 0) is 37.8 Å². The van der Waals surface area contributed by atoms with Crippen molar-refractivity contribution in [3.63, 3.8) is 0 Å². The number of piperazine rings is 1. The van der Waals surface area contributed by atoms with Gasteiger partial charge in [0, 0.05) is 31.7 Å². The van der Waals surface area contributed by atoms with E-state index in [1.165, 1.54) is 25.7 Å². The largest absolute Gasteiger partial charge is 0.353 e. The van der Waals surface area contributed by atoms with E-state index in [0.717, 1.165) is 54.1 Å². The molecule has 1 aromatic carbocycles. The summed E-state index contributed by atoms with van der Waals surface area (Å²) >= 11 is 0. The molecule has 1 aliphatic carbocycles. The van der Waals surface area contributed by atoms with Gasteiger partial charge in [0.1, 0.15) is 12.1 Å². The van der Waals surface area contributed by atoms with Crippen molar-refractivity contribution in [3.8, 4) is 5.69 Å². The van der Waals surface area contributed by atoms with E-state index in [9.17, 15) is 0 Å². The zero-order valence-electron chi connectivity index (χ0n) is 17.4. The Balaban J connectivity index is 1.39. The molecule has 0 amide bonds. The highest BCUT2D eigenvalue weighted by Crippen LogP contribution is 2.31. The zero-order valence-corrected chi connectivity index (χ0v) is 17.4. The Morgan fingerprint density at radius 3 is 2.66 bits per heavy atom. The van der Waals surface area contributed by atoms with Crippen molar-refractivity contribution in [3.05, 3.63) is 42.9 Å². The Morgan fingerprint density at radius 2 is 1.86 bits per heavy atom. The minimum absolute atomic E-state index is 0.535. The molecule has 6 nitrogen and oxygen atoms in total. The lowest BCUT2D eigenvalue weighted by Crippen LogP contribution is -2.56. The lowest BCUT2D eigenvalue weighted by atomic mass is 9.85. The predicted molar refractivity (Wildman–Crippen MR) is 116 cm³/mol. The first kappa shape index (κ1) is 18.6. The average molecular weight is 391 g/mol. The maximum atomic E-state index is 4.66. The van der Waals surface area contributed by atoms with Gasteiger partial charge in [-0.3, -0.25) is 4.90 Å². The second-order valence-corrected chi connectivity index (χ2v) is 8.78. The van der Waals surface area contributed by atoms with Crippen LogP contribution in [0.15, 0.2) is 42.9 Å². The van der Waals surface area contributed by atoms with Gasteiger partial charge in [-0.25, -0.2) is 14.6 Å². The van der Waals surface area contributed by atoms with E-state index in [1.54, 1.807) is 6.33 Å². The standard InChI is InChI=1S/C23H30N6/c1-17-7-6-10-20(13-17)28-12-11-27(15-18(28)2)22-21-14-26-29(23(21)25-16-24-22)19-8-4-3-5-9-19/h3-5,8-9,14,16-18,20H,6-7,10-13,15H2,1-2H3/t17-,18+,20-/m1/s1. The first-order valence-corrected chi connectivity index (χ1v) is 11.0. The quantitative estimate of drug-likeness (QED) is 0.679. The summed E-state index contributed by atoms with van der Waals surface area (Å²) in [5, 5.41) is 5.64. The van der Waals surface area contributed by atoms with E-state index in [4.69, 9.17) is 0 Å². The van der Waals surface area contributed by atoms with Gasteiger partial charge in [-0.15, -0.1) is 0 Å². The Hall–Kier alpha value is -2.47. The van der Waals surface area contributed by atoms with E-state index >= 15 is 0 Å². The van der Waals surface area contributed by atoms with Crippen LogP contribution in [0.1, 0.15) is 39.5 Å². The molecule has 0 unspecified atom stereocenters. The zero-order chi connectivity index (χ0) is 19.8. The molecule has 3 aromatic rings. The summed E-state index contributed by atoms with van der Waals surface area (Å²) < 4.78 is 1.91. The number of nitrogens with zero attached hydrogens (tertiary/aromatic N) is 6. The van der Waals surface area contributed by atoms with Crippen LogP contribution in [-0.4, -0.2) is 56.4 Å². The summed E-state index contributed by atoms with van der Waals surface area (Å²) in [6.45, 7) is 7.91. The number of aromatic nitrogens is 4. The van der Waals surface area contributed by atoms with Crippen LogP contribution >= 0.6 is 0 Å². The number of hydrogen-bond donors (Lipinski definition) is 0. The third kappa shape index (κ3) is 3.50. The molecule has 1 aliphatic heterocycles. The summed E-state index contributed by atoms with van der Waals surface area (Å²) in [7, 11) is 0. The molecule has 0 bridgehead atoms. The molecular weight excluding hydrogens is 360 g/mol. The van der Waals surface area contributed by atoms with Crippen molar-refractivity contribution in [2.45, 2.75) is 51.6 Å². The van der Waals surface area contributed by atoms with Gasteiger partial charge < -0.3 is 4.90 Å². The topological polar surface area (TPSA) is 50.1 Å². The summed E-state index contributed by atoms with van der Waals surface area (Å²) in [6, 6.07) is 11.5. The highest BCUT2D eigenvalue weighted by Gasteiger charge is 2.32. The van der Waals surface area contributed by atoms with Crippen LogP contribution < -0.4 is 4.90 Å². The molecule has 29 heavy (non-hydrogen) atoms. The molecule has 1 saturated heterocycles. The van der Waals surface area contributed by atoms with E-state index in [1.807, 2.05) is 29.1 Å². The van der Waals surface area contributed by atoms with Gasteiger partial charge in [0.15, 0.2) is 5.65 Å². The lowest BCUT2D eigenvalue weighted by Gasteiger charge is -2.46. The highest BCUT2D eigenvalue weighted by molar-refractivity contribution is 5.87. The Labute approximate surface area is 172 Å². The van der Waals surface area contributed by atoms with Gasteiger partial charge in [0.05, 0.1) is 17.3 Å². The van der Waals surface area contributed by atoms with Crippen LogP contribution in [0.2, 0.25) is 0 Å². The highest BCUT2D eigenvalue weighted by atomic mass is 15.3. The van der Waals surface area contributed by atoms with Gasteiger partial charge in [-0.1, -0.05) is 38.0 Å². The molecule has 1 saturated carbocycles. The Bertz CT molecular complexity index is 968. The van der Waals surface area contributed by atoms with Crippen LogP contribution in [0.4, 0.5) is 5.82 Å². The smallest absolute Gasteiger partial charge is 0.168 e. The molecule has 2 aliphatic rings. The first-order chi connectivity index (χ1) is 14.2. The molecule has 0 spiro atoms. The number of rotatable bonds is 3. The minimum atomic E-state index is 0.535. The maximum Gasteiger partial charge on any atom is 0.168 e. The van der Waals surface area contributed by atoms with Gasteiger partial charge >= 0.3 is 0 Å². The second kappa shape index (κ2) is 7.75. The predicted octanol–water partition coefficient (Wildman–Crippen LogP) is 3.90. The van der Waals surface area contributed by atoms with Crippen LogP contribution in [0, 0.1) is 5.92 Å². The van der Waals surface area contributed by atoms with E-state index in [-0.39, 0.29) is 0 Å². The molecule has 3 heterocycles. The SMILES string of the molecule is C[C@@H]1CCC[C@@H](N2CCN(c3ncnc4c3cnn4-c3ccccc3)C[C@@H]2C)C1. The number of anilines is 1. The van der Waals surface area contributed by atoms with Crippen molar-refractivity contribution < 1.29 is 0 Å². The summed E-state index contributed by atoms with van der Waals surface area (Å²) in [4.78, 5) is 14.4. The fourth-order valence-electron chi connectivity index (χ4n) is 5.25. The molecule has 0 radical (unpaired) electrons. The minimum Gasteiger partial charge on any atom is -0.353 e. The van der Waals surface area contributed by atoms with Gasteiger partial charge in [0.2, 0.25) is 0 Å². The fraction of sp³-hybridized carbons (Fsp3) is 0.522. The Kier molecular flexibility index (Phi) is 4.96. The van der Waals surface area contributed by atoms with Crippen LogP contribution in [0.25, 0.3) is 16.7 Å². The molecule has 3 atom stereocenters. The molecule has 5 rings (SSSR count). The summed E-state index contributed by atoms with van der Waals surface area (Å²) in [5.74, 6) is 1.88. The van der Waals surface area contributed by atoms with Crippen molar-refractivity contribution in [1.82, 2.24) is 24.6 Å². The van der Waals surface area contributed by atoms with Crippen molar-refractivity contribution in [2.24, 2.45) is 5.92 Å². The van der Waals surface area contributed by atoms with Gasteiger partial charge in [0.25, 0.3) is 0 Å². The van der Waals surface area contributed by atoms with Gasteiger partial charge in [-0.2, -0.15) is 5.10 Å². The molecule has 0 N–H and O–H groups in total. The number of fused-ring (bicyclic) bond motifs is 1. The monoisotopic (exact) mass is 390 g/mol. The van der Waals surface area contributed by atoms with Crippen LogP contribution in [0.3, 0.4) is 0 Å².